The van der Waals surface area contributed by atoms with Gasteiger partial charge in [-0.15, -0.1) is 0 Å². The number of nitrogens with one attached hydrogen (secondary N) is 1. The van der Waals surface area contributed by atoms with Gasteiger partial charge in [-0.05, 0) is 31.4 Å². The van der Waals surface area contributed by atoms with Crippen molar-refractivity contribution in [2.45, 2.75) is 32.4 Å². The molecule has 2 aromatic heterocycles. The highest BCUT2D eigenvalue weighted by Gasteiger charge is 2.20. The fraction of sp³-hybridized carbons (Fsp3) is 0.500. The number of piperidine rings is 1. The Morgan fingerprint density at radius 3 is 2.71 bits per heavy atom. The first kappa shape index (κ1) is 16.6. The van der Waals surface area contributed by atoms with Gasteiger partial charge in [-0.25, -0.2) is 4.98 Å². The van der Waals surface area contributed by atoms with Gasteiger partial charge in [-0.1, -0.05) is 6.07 Å². The molecule has 0 saturated carbocycles. The van der Waals surface area contributed by atoms with Gasteiger partial charge in [-0.3, -0.25) is 9.88 Å². The third-order valence-corrected chi connectivity index (χ3v) is 4.42. The minimum Gasteiger partial charge on any atom is -0.362 e. The summed E-state index contributed by atoms with van der Waals surface area (Å²) in [4.78, 5) is 17.8. The van der Waals surface area contributed by atoms with Crippen molar-refractivity contribution in [3.8, 4) is 0 Å². The Labute approximate surface area is 143 Å². The van der Waals surface area contributed by atoms with Gasteiger partial charge in [0.2, 0.25) is 5.95 Å². The highest BCUT2D eigenvalue weighted by atomic mass is 15.2. The number of anilines is 2. The fourth-order valence-corrected chi connectivity index (χ4v) is 3.12. The van der Waals surface area contributed by atoms with E-state index in [0.717, 1.165) is 49.8 Å². The molecule has 6 nitrogen and oxygen atoms in total. The summed E-state index contributed by atoms with van der Waals surface area (Å²) in [5.41, 5.74) is 2.37. The van der Waals surface area contributed by atoms with E-state index in [1.807, 2.05) is 50.6 Å². The van der Waals surface area contributed by atoms with Gasteiger partial charge in [0, 0.05) is 63.9 Å². The van der Waals surface area contributed by atoms with Crippen LogP contribution >= 0.6 is 0 Å². The van der Waals surface area contributed by atoms with Crippen molar-refractivity contribution in [2.75, 3.05) is 37.4 Å². The van der Waals surface area contributed by atoms with Gasteiger partial charge >= 0.3 is 0 Å². The summed E-state index contributed by atoms with van der Waals surface area (Å²) >= 11 is 0. The Morgan fingerprint density at radius 1 is 1.25 bits per heavy atom. The van der Waals surface area contributed by atoms with Crippen LogP contribution in [0.5, 0.6) is 0 Å². The maximum atomic E-state index is 4.63. The van der Waals surface area contributed by atoms with Crippen LogP contribution in [0.1, 0.15) is 24.0 Å². The van der Waals surface area contributed by atoms with Crippen molar-refractivity contribution >= 4 is 11.8 Å². The van der Waals surface area contributed by atoms with Crippen molar-refractivity contribution in [3.05, 3.63) is 41.9 Å². The molecule has 3 rings (SSSR count). The Hall–Kier alpha value is -2.21. The van der Waals surface area contributed by atoms with E-state index < -0.39 is 0 Å². The molecule has 24 heavy (non-hydrogen) atoms. The zero-order chi connectivity index (χ0) is 16.9. The number of hydrogen-bond donors (Lipinski definition) is 1. The predicted octanol–water partition coefficient (Wildman–Crippen LogP) is 2.32. The lowest BCUT2D eigenvalue weighted by molar-refractivity contribution is 0.211. The van der Waals surface area contributed by atoms with E-state index >= 15 is 0 Å². The Bertz CT molecular complexity index is 650. The summed E-state index contributed by atoms with van der Waals surface area (Å²) in [6.07, 6.45) is 7.88. The van der Waals surface area contributed by atoms with Crippen molar-refractivity contribution in [3.63, 3.8) is 0 Å². The molecule has 0 atom stereocenters. The van der Waals surface area contributed by atoms with Crippen molar-refractivity contribution in [1.82, 2.24) is 19.9 Å². The quantitative estimate of drug-likeness (QED) is 0.910. The molecule has 1 fully saturated rings. The van der Waals surface area contributed by atoms with Gasteiger partial charge in [0.25, 0.3) is 0 Å². The minimum atomic E-state index is 0.438. The molecule has 2 aromatic rings. The standard InChI is InChI=1S/C18H26N6/c1-14-11-20-18(22-17(14)23(2)3)21-16-6-9-24(10-7-16)13-15-5-4-8-19-12-15/h4-5,8,11-12,16H,6-7,9-10,13H2,1-3H3,(H,20,21,22). The van der Waals surface area contributed by atoms with Crippen LogP contribution in [0.3, 0.4) is 0 Å². The summed E-state index contributed by atoms with van der Waals surface area (Å²) in [6, 6.07) is 4.58. The second-order valence-electron chi connectivity index (χ2n) is 6.65. The zero-order valence-electron chi connectivity index (χ0n) is 14.7. The third kappa shape index (κ3) is 4.20. The highest BCUT2D eigenvalue weighted by molar-refractivity contribution is 5.47. The number of nitrogens with zero attached hydrogens (tertiary/aromatic N) is 5. The predicted molar refractivity (Wildman–Crippen MR) is 97.3 cm³/mol. The van der Waals surface area contributed by atoms with E-state index in [-0.39, 0.29) is 0 Å². The molecule has 0 unspecified atom stereocenters. The first-order chi connectivity index (χ1) is 11.6. The molecular formula is C18H26N6. The summed E-state index contributed by atoms with van der Waals surface area (Å²) in [7, 11) is 4.02. The lowest BCUT2D eigenvalue weighted by Gasteiger charge is -2.32. The highest BCUT2D eigenvalue weighted by Crippen LogP contribution is 2.19. The smallest absolute Gasteiger partial charge is 0.224 e. The van der Waals surface area contributed by atoms with Crippen LogP contribution in [0.4, 0.5) is 11.8 Å². The average molecular weight is 326 g/mol. The number of likely N-dealkylation sites (tertiary alicyclic amines) is 1. The maximum Gasteiger partial charge on any atom is 0.224 e. The monoisotopic (exact) mass is 326 g/mol. The van der Waals surface area contributed by atoms with Crippen molar-refractivity contribution in [1.29, 1.82) is 0 Å². The van der Waals surface area contributed by atoms with Gasteiger partial charge < -0.3 is 10.2 Å². The molecule has 0 aromatic carbocycles. The largest absolute Gasteiger partial charge is 0.362 e. The van der Waals surface area contributed by atoms with Gasteiger partial charge in [-0.2, -0.15) is 4.98 Å². The van der Waals surface area contributed by atoms with Gasteiger partial charge in [0.05, 0.1) is 0 Å². The molecule has 0 bridgehead atoms. The van der Waals surface area contributed by atoms with Crippen molar-refractivity contribution in [2.24, 2.45) is 0 Å². The van der Waals surface area contributed by atoms with E-state index in [1.54, 1.807) is 0 Å². The number of pyridine rings is 1. The van der Waals surface area contributed by atoms with E-state index in [9.17, 15) is 0 Å². The number of aromatic nitrogens is 3. The minimum absolute atomic E-state index is 0.438. The molecular weight excluding hydrogens is 300 g/mol. The lowest BCUT2D eigenvalue weighted by atomic mass is 10.0. The van der Waals surface area contributed by atoms with Crippen LogP contribution < -0.4 is 10.2 Å². The second kappa shape index (κ2) is 7.57. The molecule has 3 heterocycles. The van der Waals surface area contributed by atoms with Crippen LogP contribution in [0, 0.1) is 6.92 Å². The molecule has 1 aliphatic heterocycles. The molecule has 6 heteroatoms. The first-order valence-corrected chi connectivity index (χ1v) is 8.50. The Kier molecular flexibility index (Phi) is 5.25. The molecule has 1 aliphatic rings. The van der Waals surface area contributed by atoms with E-state index in [0.29, 0.717) is 6.04 Å². The topological polar surface area (TPSA) is 57.2 Å². The molecule has 0 amide bonds. The number of rotatable bonds is 5. The Morgan fingerprint density at radius 2 is 2.04 bits per heavy atom. The molecule has 1 N–H and O–H groups in total. The van der Waals surface area contributed by atoms with E-state index in [1.165, 1.54) is 5.56 Å². The van der Waals surface area contributed by atoms with Crippen molar-refractivity contribution < 1.29 is 0 Å². The summed E-state index contributed by atoms with van der Waals surface area (Å²) in [6.45, 7) is 5.18. The van der Waals surface area contributed by atoms with Crippen LogP contribution in [-0.4, -0.2) is 53.1 Å². The molecule has 128 valence electrons. The van der Waals surface area contributed by atoms with Crippen LogP contribution in [0.15, 0.2) is 30.7 Å². The van der Waals surface area contributed by atoms with Crippen LogP contribution in [0.25, 0.3) is 0 Å². The normalized spacial score (nSPS) is 16.1. The summed E-state index contributed by atoms with van der Waals surface area (Å²) < 4.78 is 0. The fourth-order valence-electron chi connectivity index (χ4n) is 3.12. The average Bonchev–Trinajstić information content (AvgIpc) is 2.59. The Balaban J connectivity index is 1.53. The number of hydrogen-bond acceptors (Lipinski definition) is 6. The maximum absolute atomic E-state index is 4.63. The second-order valence-corrected chi connectivity index (χ2v) is 6.65. The molecule has 0 radical (unpaired) electrons. The summed E-state index contributed by atoms with van der Waals surface area (Å²) in [5, 5.41) is 3.50. The zero-order valence-corrected chi connectivity index (χ0v) is 14.7. The number of aryl methyl sites for hydroxylation is 1. The van der Waals surface area contributed by atoms with E-state index in [2.05, 4.69) is 31.2 Å². The van der Waals surface area contributed by atoms with Gasteiger partial charge in [0.1, 0.15) is 5.82 Å². The van der Waals surface area contributed by atoms with Crippen LogP contribution in [0.2, 0.25) is 0 Å². The lowest BCUT2D eigenvalue weighted by Crippen LogP contribution is -2.39. The SMILES string of the molecule is Cc1cnc(NC2CCN(Cc3cccnc3)CC2)nc1N(C)C. The van der Waals surface area contributed by atoms with Gasteiger partial charge in [0.15, 0.2) is 0 Å². The molecule has 0 spiro atoms. The van der Waals surface area contributed by atoms with Crippen LogP contribution in [-0.2, 0) is 6.54 Å². The third-order valence-electron chi connectivity index (χ3n) is 4.42. The molecule has 0 aliphatic carbocycles. The summed E-state index contributed by atoms with van der Waals surface area (Å²) in [5.74, 6) is 1.71. The molecule has 1 saturated heterocycles. The van der Waals surface area contributed by atoms with E-state index in [4.69, 9.17) is 0 Å². The first-order valence-electron chi connectivity index (χ1n) is 8.50.